The molecule has 1 saturated heterocycles. The van der Waals surface area contributed by atoms with Crippen LogP contribution in [0, 0.1) is 11.7 Å². The SMILES string of the molecule is COC(=O)C1CC(=O)N(c2cc(C(F)(F)F)c(Br)cc2F)C1. The average Bonchev–Trinajstić information content (AvgIpc) is 2.78. The highest BCUT2D eigenvalue weighted by Crippen LogP contribution is 2.39. The van der Waals surface area contributed by atoms with Crippen LogP contribution < -0.4 is 4.90 Å². The Hall–Kier alpha value is -1.64. The molecule has 0 saturated carbocycles. The number of esters is 1. The summed E-state index contributed by atoms with van der Waals surface area (Å²) >= 11 is 2.65. The standard InChI is InChI=1S/C13H10BrF4NO3/c1-22-12(21)6-2-11(20)19(5-6)10-3-7(13(16,17)18)8(14)4-9(10)15/h3-4,6H,2,5H2,1H3. The van der Waals surface area contributed by atoms with E-state index in [0.717, 1.165) is 12.0 Å². The van der Waals surface area contributed by atoms with Gasteiger partial charge < -0.3 is 9.64 Å². The first kappa shape index (κ1) is 16.7. The topological polar surface area (TPSA) is 46.6 Å². The van der Waals surface area contributed by atoms with Crippen LogP contribution in [0.5, 0.6) is 0 Å². The molecule has 22 heavy (non-hydrogen) atoms. The van der Waals surface area contributed by atoms with E-state index < -0.39 is 45.5 Å². The third kappa shape index (κ3) is 3.08. The number of anilines is 1. The van der Waals surface area contributed by atoms with Gasteiger partial charge in [-0.1, -0.05) is 15.9 Å². The Morgan fingerprint density at radius 1 is 1.41 bits per heavy atom. The summed E-state index contributed by atoms with van der Waals surface area (Å²) in [7, 11) is 1.14. The van der Waals surface area contributed by atoms with E-state index in [2.05, 4.69) is 20.7 Å². The van der Waals surface area contributed by atoms with Crippen molar-refractivity contribution >= 4 is 33.5 Å². The fourth-order valence-corrected chi connectivity index (χ4v) is 2.77. The van der Waals surface area contributed by atoms with Crippen LogP contribution in [0.3, 0.4) is 0 Å². The predicted molar refractivity (Wildman–Crippen MR) is 71.6 cm³/mol. The molecule has 1 amide bonds. The van der Waals surface area contributed by atoms with E-state index in [4.69, 9.17) is 0 Å². The van der Waals surface area contributed by atoms with E-state index in [-0.39, 0.29) is 13.0 Å². The zero-order chi connectivity index (χ0) is 16.7. The van der Waals surface area contributed by atoms with Crippen LogP contribution in [0.25, 0.3) is 0 Å². The van der Waals surface area contributed by atoms with Gasteiger partial charge >= 0.3 is 12.1 Å². The van der Waals surface area contributed by atoms with Crippen LogP contribution >= 0.6 is 15.9 Å². The van der Waals surface area contributed by atoms with Crippen molar-refractivity contribution in [3.8, 4) is 0 Å². The maximum Gasteiger partial charge on any atom is 0.417 e. The quantitative estimate of drug-likeness (QED) is 0.582. The van der Waals surface area contributed by atoms with Crippen molar-refractivity contribution in [1.82, 2.24) is 0 Å². The molecule has 1 fully saturated rings. The molecular formula is C13H10BrF4NO3. The maximum atomic E-state index is 13.9. The van der Waals surface area contributed by atoms with E-state index in [1.165, 1.54) is 0 Å². The van der Waals surface area contributed by atoms with Crippen molar-refractivity contribution in [1.29, 1.82) is 0 Å². The molecule has 1 unspecified atom stereocenters. The normalized spacial score (nSPS) is 18.7. The summed E-state index contributed by atoms with van der Waals surface area (Å²) in [5, 5.41) is 0. The Kier molecular flexibility index (Phi) is 4.46. The van der Waals surface area contributed by atoms with Gasteiger partial charge in [0.25, 0.3) is 0 Å². The van der Waals surface area contributed by atoms with Crippen LogP contribution in [-0.2, 0) is 20.5 Å². The van der Waals surface area contributed by atoms with Crippen molar-refractivity contribution in [2.75, 3.05) is 18.6 Å². The number of halogens is 5. The second-order valence-electron chi connectivity index (χ2n) is 4.71. The molecule has 1 aromatic carbocycles. The van der Waals surface area contributed by atoms with Gasteiger partial charge in [-0.3, -0.25) is 9.59 Å². The Morgan fingerprint density at radius 2 is 2.05 bits per heavy atom. The zero-order valence-corrected chi connectivity index (χ0v) is 12.8. The lowest BCUT2D eigenvalue weighted by molar-refractivity contribution is -0.145. The number of alkyl halides is 3. The summed E-state index contributed by atoms with van der Waals surface area (Å²) in [6, 6.07) is 1.20. The van der Waals surface area contributed by atoms with Gasteiger partial charge in [-0.05, 0) is 12.1 Å². The van der Waals surface area contributed by atoms with Gasteiger partial charge in [0.2, 0.25) is 5.91 Å². The van der Waals surface area contributed by atoms with Crippen LogP contribution in [0.4, 0.5) is 23.2 Å². The highest BCUT2D eigenvalue weighted by molar-refractivity contribution is 9.10. The number of rotatable bonds is 2. The predicted octanol–water partition coefficient (Wildman–Crippen LogP) is 3.13. The molecule has 0 radical (unpaired) electrons. The Labute approximate surface area is 131 Å². The smallest absolute Gasteiger partial charge is 0.417 e. The molecule has 4 nitrogen and oxygen atoms in total. The van der Waals surface area contributed by atoms with Gasteiger partial charge in [-0.15, -0.1) is 0 Å². The molecule has 1 aliphatic heterocycles. The average molecular weight is 384 g/mol. The molecular weight excluding hydrogens is 374 g/mol. The monoisotopic (exact) mass is 383 g/mol. The lowest BCUT2D eigenvalue weighted by atomic mass is 10.1. The van der Waals surface area contributed by atoms with Crippen LogP contribution in [-0.4, -0.2) is 25.5 Å². The van der Waals surface area contributed by atoms with Crippen LogP contribution in [0.2, 0.25) is 0 Å². The van der Waals surface area contributed by atoms with E-state index in [0.29, 0.717) is 12.1 Å². The summed E-state index contributed by atoms with van der Waals surface area (Å²) in [6.07, 6.45) is -4.94. The first-order chi connectivity index (χ1) is 10.1. The molecule has 120 valence electrons. The molecule has 0 aliphatic carbocycles. The van der Waals surface area contributed by atoms with Gasteiger partial charge in [0, 0.05) is 17.4 Å². The number of ether oxygens (including phenoxy) is 1. The van der Waals surface area contributed by atoms with Crippen molar-refractivity contribution in [3.05, 3.63) is 28.0 Å². The minimum Gasteiger partial charge on any atom is -0.469 e. The molecule has 1 heterocycles. The minimum absolute atomic E-state index is 0.221. The number of nitrogens with zero attached hydrogens (tertiary/aromatic N) is 1. The molecule has 0 bridgehead atoms. The first-order valence-electron chi connectivity index (χ1n) is 6.09. The van der Waals surface area contributed by atoms with Crippen LogP contribution in [0.15, 0.2) is 16.6 Å². The summed E-state index contributed by atoms with van der Waals surface area (Å²) in [5.41, 5.74) is -1.61. The second-order valence-corrected chi connectivity index (χ2v) is 5.56. The zero-order valence-electron chi connectivity index (χ0n) is 11.2. The third-order valence-electron chi connectivity index (χ3n) is 3.29. The van der Waals surface area contributed by atoms with Crippen molar-refractivity contribution in [2.24, 2.45) is 5.92 Å². The van der Waals surface area contributed by atoms with E-state index in [1.807, 2.05) is 0 Å². The summed E-state index contributed by atoms with van der Waals surface area (Å²) in [4.78, 5) is 24.1. The number of hydrogen-bond acceptors (Lipinski definition) is 3. The van der Waals surface area contributed by atoms with Crippen molar-refractivity contribution < 1.29 is 31.9 Å². The van der Waals surface area contributed by atoms with E-state index in [1.54, 1.807) is 0 Å². The summed E-state index contributed by atoms with van der Waals surface area (Å²) in [5.74, 6) is -3.11. The Balaban J connectivity index is 2.41. The van der Waals surface area contributed by atoms with E-state index >= 15 is 0 Å². The number of carbonyl (C=O) groups excluding carboxylic acids is 2. The summed E-state index contributed by atoms with van der Waals surface area (Å²) < 4.78 is 56.6. The molecule has 9 heteroatoms. The fourth-order valence-electron chi connectivity index (χ4n) is 2.23. The highest BCUT2D eigenvalue weighted by atomic mass is 79.9. The maximum absolute atomic E-state index is 13.9. The molecule has 1 atom stereocenters. The third-order valence-corrected chi connectivity index (χ3v) is 3.95. The number of carbonyl (C=O) groups is 2. The second kappa shape index (κ2) is 5.86. The van der Waals surface area contributed by atoms with Crippen molar-refractivity contribution in [3.63, 3.8) is 0 Å². The fraction of sp³-hybridized carbons (Fsp3) is 0.385. The molecule has 0 N–H and O–H groups in total. The Morgan fingerprint density at radius 3 is 2.59 bits per heavy atom. The first-order valence-corrected chi connectivity index (χ1v) is 6.89. The molecule has 0 spiro atoms. The molecule has 0 aromatic heterocycles. The largest absolute Gasteiger partial charge is 0.469 e. The lowest BCUT2D eigenvalue weighted by Crippen LogP contribution is -2.27. The lowest BCUT2D eigenvalue weighted by Gasteiger charge is -2.20. The Bertz CT molecular complexity index is 632. The molecule has 2 rings (SSSR count). The molecule has 1 aliphatic rings. The van der Waals surface area contributed by atoms with Gasteiger partial charge in [0.05, 0.1) is 24.3 Å². The van der Waals surface area contributed by atoms with Crippen LogP contribution in [0.1, 0.15) is 12.0 Å². The van der Waals surface area contributed by atoms with Gasteiger partial charge in [-0.25, -0.2) is 4.39 Å². The molecule has 1 aromatic rings. The highest BCUT2D eigenvalue weighted by Gasteiger charge is 2.39. The number of amides is 1. The number of methoxy groups -OCH3 is 1. The number of hydrogen-bond donors (Lipinski definition) is 0. The number of benzene rings is 1. The van der Waals surface area contributed by atoms with Gasteiger partial charge in [0.15, 0.2) is 0 Å². The summed E-state index contributed by atoms with van der Waals surface area (Å²) in [6.45, 7) is -0.221. The minimum atomic E-state index is -4.70. The van der Waals surface area contributed by atoms with Gasteiger partial charge in [-0.2, -0.15) is 13.2 Å². The van der Waals surface area contributed by atoms with Crippen molar-refractivity contribution in [2.45, 2.75) is 12.6 Å². The van der Waals surface area contributed by atoms with Gasteiger partial charge in [0.1, 0.15) is 5.82 Å². The van der Waals surface area contributed by atoms with E-state index in [9.17, 15) is 27.2 Å².